The van der Waals surface area contributed by atoms with Crippen molar-refractivity contribution < 1.29 is 9.13 Å². The van der Waals surface area contributed by atoms with Crippen molar-refractivity contribution in [1.82, 2.24) is 0 Å². The summed E-state index contributed by atoms with van der Waals surface area (Å²) in [6.07, 6.45) is 0. The molecule has 2 nitrogen and oxygen atoms in total. The molecular formula is C18H20FNO. The van der Waals surface area contributed by atoms with Gasteiger partial charge < -0.3 is 10.5 Å². The van der Waals surface area contributed by atoms with Gasteiger partial charge in [-0.05, 0) is 30.7 Å². The summed E-state index contributed by atoms with van der Waals surface area (Å²) < 4.78 is 19.7. The third-order valence-electron chi connectivity index (χ3n) is 4.17. The summed E-state index contributed by atoms with van der Waals surface area (Å²) in [5, 5.41) is 0. The highest BCUT2D eigenvalue weighted by molar-refractivity contribution is 5.47. The molecular weight excluding hydrogens is 265 g/mol. The average Bonchev–Trinajstić information content (AvgIpc) is 2.76. The summed E-state index contributed by atoms with van der Waals surface area (Å²) in [5.41, 5.74) is 9.85. The van der Waals surface area contributed by atoms with Gasteiger partial charge in [-0.2, -0.15) is 0 Å². The Morgan fingerprint density at radius 1 is 1.19 bits per heavy atom. The summed E-state index contributed by atoms with van der Waals surface area (Å²) in [5.74, 6) is 0.643. The highest BCUT2D eigenvalue weighted by Crippen LogP contribution is 2.40. The molecule has 110 valence electrons. The van der Waals surface area contributed by atoms with Gasteiger partial charge in [0.25, 0.3) is 0 Å². The number of halogens is 1. The molecule has 2 N–H and O–H groups in total. The molecule has 0 fully saturated rings. The fourth-order valence-electron chi connectivity index (χ4n) is 2.81. The van der Waals surface area contributed by atoms with E-state index in [2.05, 4.69) is 19.9 Å². The van der Waals surface area contributed by atoms with E-state index in [0.29, 0.717) is 12.2 Å². The van der Waals surface area contributed by atoms with Crippen molar-refractivity contribution >= 4 is 0 Å². The van der Waals surface area contributed by atoms with E-state index in [9.17, 15) is 4.39 Å². The van der Waals surface area contributed by atoms with Crippen LogP contribution in [0.15, 0.2) is 36.4 Å². The summed E-state index contributed by atoms with van der Waals surface area (Å²) in [7, 11) is 0. The van der Waals surface area contributed by atoms with Gasteiger partial charge >= 0.3 is 0 Å². The molecule has 0 aromatic heterocycles. The minimum atomic E-state index is -0.466. The van der Waals surface area contributed by atoms with Gasteiger partial charge in [0.1, 0.15) is 11.6 Å². The van der Waals surface area contributed by atoms with Gasteiger partial charge in [-0.25, -0.2) is 4.39 Å². The van der Waals surface area contributed by atoms with Crippen LogP contribution < -0.4 is 10.5 Å². The first-order chi connectivity index (χ1) is 9.88. The molecule has 3 rings (SSSR count). The molecule has 1 aliphatic rings. The van der Waals surface area contributed by atoms with E-state index in [4.69, 9.17) is 10.5 Å². The second-order valence-electron chi connectivity index (χ2n) is 6.43. The van der Waals surface area contributed by atoms with E-state index in [1.54, 1.807) is 6.07 Å². The lowest BCUT2D eigenvalue weighted by Crippen LogP contribution is -2.19. The molecule has 1 unspecified atom stereocenters. The van der Waals surface area contributed by atoms with Gasteiger partial charge in [-0.3, -0.25) is 0 Å². The molecule has 0 bridgehead atoms. The smallest absolute Gasteiger partial charge is 0.128 e. The molecule has 1 aliphatic heterocycles. The van der Waals surface area contributed by atoms with E-state index in [1.165, 1.54) is 6.07 Å². The first kappa shape index (κ1) is 14.1. The molecule has 21 heavy (non-hydrogen) atoms. The van der Waals surface area contributed by atoms with Crippen LogP contribution in [0.5, 0.6) is 5.75 Å². The summed E-state index contributed by atoms with van der Waals surface area (Å²) >= 11 is 0. The normalized spacial score (nSPS) is 17.2. The highest BCUT2D eigenvalue weighted by Gasteiger charge is 2.32. The van der Waals surface area contributed by atoms with Crippen LogP contribution in [0.25, 0.3) is 0 Å². The number of rotatable bonds is 2. The molecule has 0 amide bonds. The average molecular weight is 285 g/mol. The van der Waals surface area contributed by atoms with Gasteiger partial charge in [-0.15, -0.1) is 0 Å². The second kappa shape index (κ2) is 4.85. The van der Waals surface area contributed by atoms with E-state index in [1.807, 2.05) is 25.1 Å². The number of ether oxygens (including phenoxy) is 1. The van der Waals surface area contributed by atoms with E-state index in [0.717, 1.165) is 22.4 Å². The van der Waals surface area contributed by atoms with Gasteiger partial charge in [0.15, 0.2) is 0 Å². The standard InChI is InChI=1S/C18H20FNO/c1-11-4-6-15(19)13(8-11)17(20)12-5-7-16-14(9-12)18(2,3)10-21-16/h4-9,17H,10,20H2,1-3H3. The van der Waals surface area contributed by atoms with Crippen LogP contribution in [0.1, 0.15) is 42.1 Å². The number of nitrogens with two attached hydrogens (primary N) is 1. The Hall–Kier alpha value is -1.87. The zero-order valence-electron chi connectivity index (χ0n) is 12.6. The van der Waals surface area contributed by atoms with Crippen LogP contribution in [0, 0.1) is 12.7 Å². The highest BCUT2D eigenvalue weighted by atomic mass is 19.1. The lowest BCUT2D eigenvalue weighted by molar-refractivity contribution is 0.291. The Labute approximate surface area is 124 Å². The van der Waals surface area contributed by atoms with Gasteiger partial charge in [0.05, 0.1) is 12.6 Å². The minimum absolute atomic E-state index is 0.0315. The quantitative estimate of drug-likeness (QED) is 0.909. The van der Waals surface area contributed by atoms with E-state index < -0.39 is 6.04 Å². The summed E-state index contributed by atoms with van der Waals surface area (Å²) in [4.78, 5) is 0. The maximum atomic E-state index is 14.0. The fraction of sp³-hybridized carbons (Fsp3) is 0.333. The molecule has 0 saturated carbocycles. The number of hydrogen-bond donors (Lipinski definition) is 1. The lowest BCUT2D eigenvalue weighted by atomic mass is 9.85. The largest absolute Gasteiger partial charge is 0.492 e. The van der Waals surface area contributed by atoms with Gasteiger partial charge in [-0.1, -0.05) is 37.6 Å². The molecule has 2 aromatic carbocycles. The van der Waals surface area contributed by atoms with Gasteiger partial charge in [0.2, 0.25) is 0 Å². The maximum Gasteiger partial charge on any atom is 0.128 e. The molecule has 1 heterocycles. The van der Waals surface area contributed by atoms with Crippen molar-refractivity contribution in [3.63, 3.8) is 0 Å². The first-order valence-electron chi connectivity index (χ1n) is 7.17. The molecule has 0 saturated heterocycles. The van der Waals surface area contributed by atoms with Crippen LogP contribution in [0.4, 0.5) is 4.39 Å². The predicted octanol–water partition coefficient (Wildman–Crippen LogP) is 3.85. The fourth-order valence-corrected chi connectivity index (χ4v) is 2.81. The van der Waals surface area contributed by atoms with Crippen LogP contribution in [-0.4, -0.2) is 6.61 Å². The Morgan fingerprint density at radius 3 is 2.71 bits per heavy atom. The maximum absolute atomic E-state index is 14.0. The van der Waals surface area contributed by atoms with E-state index in [-0.39, 0.29) is 11.2 Å². The van der Waals surface area contributed by atoms with Crippen LogP contribution in [0.3, 0.4) is 0 Å². The Morgan fingerprint density at radius 2 is 1.95 bits per heavy atom. The van der Waals surface area contributed by atoms with Gasteiger partial charge in [0, 0.05) is 16.5 Å². The number of hydrogen-bond acceptors (Lipinski definition) is 2. The number of aryl methyl sites for hydroxylation is 1. The van der Waals surface area contributed by atoms with Crippen molar-refractivity contribution in [2.45, 2.75) is 32.2 Å². The zero-order chi connectivity index (χ0) is 15.2. The first-order valence-corrected chi connectivity index (χ1v) is 7.17. The lowest BCUT2D eigenvalue weighted by Gasteiger charge is -2.19. The van der Waals surface area contributed by atoms with Crippen molar-refractivity contribution in [3.05, 3.63) is 64.5 Å². The molecule has 0 spiro atoms. The third-order valence-corrected chi connectivity index (χ3v) is 4.17. The Balaban J connectivity index is 2.03. The SMILES string of the molecule is Cc1ccc(F)c(C(N)c2ccc3c(c2)C(C)(C)CO3)c1. The van der Waals surface area contributed by atoms with Crippen molar-refractivity contribution in [3.8, 4) is 5.75 Å². The Bertz CT molecular complexity index is 694. The van der Waals surface area contributed by atoms with Crippen LogP contribution >= 0.6 is 0 Å². The van der Waals surface area contributed by atoms with Crippen LogP contribution in [0.2, 0.25) is 0 Å². The molecule has 0 radical (unpaired) electrons. The third kappa shape index (κ3) is 2.42. The number of benzene rings is 2. The zero-order valence-corrected chi connectivity index (χ0v) is 12.6. The van der Waals surface area contributed by atoms with E-state index >= 15 is 0 Å². The summed E-state index contributed by atoms with van der Waals surface area (Å²) in [6.45, 7) is 6.89. The van der Waals surface area contributed by atoms with Crippen LogP contribution in [-0.2, 0) is 5.41 Å². The monoisotopic (exact) mass is 285 g/mol. The molecule has 3 heteroatoms. The predicted molar refractivity (Wildman–Crippen MR) is 82.1 cm³/mol. The molecule has 0 aliphatic carbocycles. The molecule has 1 atom stereocenters. The Kier molecular flexibility index (Phi) is 3.25. The number of fused-ring (bicyclic) bond motifs is 1. The van der Waals surface area contributed by atoms with Crippen molar-refractivity contribution in [2.75, 3.05) is 6.61 Å². The minimum Gasteiger partial charge on any atom is -0.492 e. The second-order valence-corrected chi connectivity index (χ2v) is 6.43. The van der Waals surface area contributed by atoms with Crippen molar-refractivity contribution in [2.24, 2.45) is 5.73 Å². The van der Waals surface area contributed by atoms with Crippen molar-refractivity contribution in [1.29, 1.82) is 0 Å². The molecule has 2 aromatic rings. The summed E-state index contributed by atoms with van der Waals surface area (Å²) in [6, 6.07) is 10.5. The topological polar surface area (TPSA) is 35.2 Å².